The molecule has 1 aromatic carbocycles. The van der Waals surface area contributed by atoms with Gasteiger partial charge in [0, 0.05) is 6.92 Å². The van der Waals surface area contributed by atoms with Crippen molar-refractivity contribution in [3.05, 3.63) is 35.5 Å². The van der Waals surface area contributed by atoms with E-state index in [1.54, 1.807) is 6.92 Å². The first-order valence-corrected chi connectivity index (χ1v) is 6.43. The Bertz CT molecular complexity index is 594. The van der Waals surface area contributed by atoms with Gasteiger partial charge in [-0.2, -0.15) is 4.98 Å². The zero-order valence-corrected chi connectivity index (χ0v) is 11.4. The molecular weight excluding hydrogens is 242 g/mol. The van der Waals surface area contributed by atoms with E-state index in [0.29, 0.717) is 18.3 Å². The van der Waals surface area contributed by atoms with Gasteiger partial charge in [-0.25, -0.2) is 0 Å². The van der Waals surface area contributed by atoms with Gasteiger partial charge in [0.1, 0.15) is 11.9 Å². The molecule has 19 heavy (non-hydrogen) atoms. The predicted molar refractivity (Wildman–Crippen MR) is 71.4 cm³/mol. The molecule has 1 aromatic heterocycles. The van der Waals surface area contributed by atoms with Gasteiger partial charge < -0.3 is 14.2 Å². The van der Waals surface area contributed by atoms with Crippen molar-refractivity contribution in [1.29, 1.82) is 0 Å². The minimum Gasteiger partial charge on any atom is -0.487 e. The van der Waals surface area contributed by atoms with Gasteiger partial charge in [-0.1, -0.05) is 11.2 Å². The third-order valence-electron chi connectivity index (χ3n) is 3.16. The molecule has 0 amide bonds. The Morgan fingerprint density at radius 3 is 2.95 bits per heavy atom. The van der Waals surface area contributed by atoms with Crippen molar-refractivity contribution in [1.82, 2.24) is 10.1 Å². The first-order chi connectivity index (χ1) is 9.11. The normalized spacial score (nSPS) is 18.1. The van der Waals surface area contributed by atoms with Crippen LogP contribution in [0.15, 0.2) is 22.7 Å². The number of aromatic nitrogens is 2. The quantitative estimate of drug-likeness (QED) is 0.829. The maximum atomic E-state index is 5.88. The highest BCUT2D eigenvalue weighted by Gasteiger charge is 2.24. The molecule has 0 saturated heterocycles. The second-order valence-electron chi connectivity index (χ2n) is 5.01. The standard InChI is InChI=1S/C14H17N3O2/c1-9-4-5-12-13(6-9)18-10(2)7-17(12)8-14-15-11(3)19-16-14/h4-6,10H,7-8H2,1-3H3. The van der Waals surface area contributed by atoms with Crippen molar-refractivity contribution < 1.29 is 9.26 Å². The van der Waals surface area contributed by atoms with E-state index in [9.17, 15) is 0 Å². The lowest BCUT2D eigenvalue weighted by atomic mass is 10.1. The summed E-state index contributed by atoms with van der Waals surface area (Å²) < 4.78 is 10.9. The summed E-state index contributed by atoms with van der Waals surface area (Å²) in [4.78, 5) is 6.49. The van der Waals surface area contributed by atoms with Crippen LogP contribution in [0.25, 0.3) is 0 Å². The molecule has 0 bridgehead atoms. The second kappa shape index (κ2) is 4.57. The maximum absolute atomic E-state index is 5.88. The van der Waals surface area contributed by atoms with Gasteiger partial charge in [0.25, 0.3) is 0 Å². The number of nitrogens with zero attached hydrogens (tertiary/aromatic N) is 3. The molecule has 1 aliphatic heterocycles. The maximum Gasteiger partial charge on any atom is 0.223 e. The van der Waals surface area contributed by atoms with E-state index in [-0.39, 0.29) is 6.10 Å². The summed E-state index contributed by atoms with van der Waals surface area (Å²) in [6.45, 7) is 7.40. The van der Waals surface area contributed by atoms with E-state index in [2.05, 4.69) is 47.1 Å². The fourth-order valence-electron chi connectivity index (χ4n) is 2.37. The first-order valence-electron chi connectivity index (χ1n) is 6.43. The van der Waals surface area contributed by atoms with Crippen molar-refractivity contribution in [2.45, 2.75) is 33.4 Å². The van der Waals surface area contributed by atoms with Crippen molar-refractivity contribution in [2.75, 3.05) is 11.4 Å². The van der Waals surface area contributed by atoms with Gasteiger partial charge in [-0.15, -0.1) is 0 Å². The molecule has 2 heterocycles. The third kappa shape index (κ3) is 2.41. The molecule has 5 nitrogen and oxygen atoms in total. The van der Waals surface area contributed by atoms with Crippen molar-refractivity contribution in [3.63, 3.8) is 0 Å². The number of anilines is 1. The Balaban J connectivity index is 1.90. The summed E-state index contributed by atoms with van der Waals surface area (Å²) in [5.41, 5.74) is 2.29. The van der Waals surface area contributed by atoms with Crippen LogP contribution in [0.4, 0.5) is 5.69 Å². The largest absolute Gasteiger partial charge is 0.487 e. The molecule has 0 spiro atoms. The lowest BCUT2D eigenvalue weighted by Crippen LogP contribution is -2.38. The van der Waals surface area contributed by atoms with Crippen LogP contribution in [-0.4, -0.2) is 22.8 Å². The van der Waals surface area contributed by atoms with Crippen LogP contribution in [0, 0.1) is 13.8 Å². The first kappa shape index (κ1) is 12.0. The van der Waals surface area contributed by atoms with Gasteiger partial charge in [0.2, 0.25) is 5.89 Å². The SMILES string of the molecule is Cc1ccc2c(c1)OC(C)CN2Cc1noc(C)n1. The zero-order chi connectivity index (χ0) is 13.4. The predicted octanol–water partition coefficient (Wildman–Crippen LogP) is 2.47. The summed E-state index contributed by atoms with van der Waals surface area (Å²) in [6, 6.07) is 6.25. The van der Waals surface area contributed by atoms with Crippen LogP contribution in [-0.2, 0) is 6.54 Å². The highest BCUT2D eigenvalue weighted by Crippen LogP contribution is 2.34. The number of hydrogen-bond acceptors (Lipinski definition) is 5. The molecule has 1 unspecified atom stereocenters. The highest BCUT2D eigenvalue weighted by molar-refractivity contribution is 5.61. The molecule has 1 atom stereocenters. The van der Waals surface area contributed by atoms with E-state index in [0.717, 1.165) is 18.0 Å². The Morgan fingerprint density at radius 1 is 1.37 bits per heavy atom. The fourth-order valence-corrected chi connectivity index (χ4v) is 2.37. The molecule has 0 radical (unpaired) electrons. The summed E-state index contributed by atoms with van der Waals surface area (Å²) in [7, 11) is 0. The Morgan fingerprint density at radius 2 is 2.21 bits per heavy atom. The van der Waals surface area contributed by atoms with Crippen LogP contribution < -0.4 is 9.64 Å². The average molecular weight is 259 g/mol. The Labute approximate surface area is 112 Å². The van der Waals surface area contributed by atoms with Gasteiger partial charge in [0.15, 0.2) is 5.82 Å². The number of aryl methyl sites for hydroxylation is 2. The molecule has 2 aromatic rings. The van der Waals surface area contributed by atoms with Gasteiger partial charge in [0.05, 0.1) is 18.8 Å². The number of rotatable bonds is 2. The Hall–Kier alpha value is -2.04. The van der Waals surface area contributed by atoms with Crippen molar-refractivity contribution in [2.24, 2.45) is 0 Å². The minimum absolute atomic E-state index is 0.155. The zero-order valence-electron chi connectivity index (χ0n) is 11.4. The molecular formula is C14H17N3O2. The highest BCUT2D eigenvalue weighted by atomic mass is 16.5. The monoisotopic (exact) mass is 259 g/mol. The summed E-state index contributed by atoms with van der Waals surface area (Å²) >= 11 is 0. The number of benzene rings is 1. The summed E-state index contributed by atoms with van der Waals surface area (Å²) in [5, 5.41) is 3.96. The molecule has 0 N–H and O–H groups in total. The van der Waals surface area contributed by atoms with Crippen LogP contribution in [0.2, 0.25) is 0 Å². The lowest BCUT2D eigenvalue weighted by Gasteiger charge is -2.34. The van der Waals surface area contributed by atoms with Crippen LogP contribution in [0.5, 0.6) is 5.75 Å². The summed E-state index contributed by atoms with van der Waals surface area (Å²) in [6.07, 6.45) is 0.155. The molecule has 0 aliphatic carbocycles. The van der Waals surface area contributed by atoms with Crippen molar-refractivity contribution in [3.8, 4) is 5.75 Å². The Kier molecular flexibility index (Phi) is 2.89. The van der Waals surface area contributed by atoms with Gasteiger partial charge >= 0.3 is 0 Å². The van der Waals surface area contributed by atoms with Crippen LogP contribution >= 0.6 is 0 Å². The smallest absolute Gasteiger partial charge is 0.223 e. The van der Waals surface area contributed by atoms with E-state index in [1.807, 2.05) is 0 Å². The second-order valence-corrected chi connectivity index (χ2v) is 5.01. The van der Waals surface area contributed by atoms with E-state index in [1.165, 1.54) is 5.56 Å². The van der Waals surface area contributed by atoms with Gasteiger partial charge in [-0.05, 0) is 31.5 Å². The van der Waals surface area contributed by atoms with Crippen molar-refractivity contribution >= 4 is 5.69 Å². The molecule has 100 valence electrons. The molecule has 3 rings (SSSR count). The van der Waals surface area contributed by atoms with Crippen LogP contribution in [0.3, 0.4) is 0 Å². The average Bonchev–Trinajstić information content (AvgIpc) is 2.74. The van der Waals surface area contributed by atoms with E-state index >= 15 is 0 Å². The molecule has 1 aliphatic rings. The lowest BCUT2D eigenvalue weighted by molar-refractivity contribution is 0.211. The molecule has 0 fully saturated rings. The third-order valence-corrected chi connectivity index (χ3v) is 3.16. The topological polar surface area (TPSA) is 51.4 Å². The fraction of sp³-hybridized carbons (Fsp3) is 0.429. The van der Waals surface area contributed by atoms with E-state index in [4.69, 9.17) is 9.26 Å². The van der Waals surface area contributed by atoms with Gasteiger partial charge in [-0.3, -0.25) is 0 Å². The number of fused-ring (bicyclic) bond motifs is 1. The number of ether oxygens (including phenoxy) is 1. The van der Waals surface area contributed by atoms with E-state index < -0.39 is 0 Å². The minimum atomic E-state index is 0.155. The summed E-state index contributed by atoms with van der Waals surface area (Å²) in [5.74, 6) is 2.23. The molecule has 0 saturated carbocycles. The molecule has 5 heteroatoms. The van der Waals surface area contributed by atoms with Crippen LogP contribution in [0.1, 0.15) is 24.2 Å². The number of hydrogen-bond donors (Lipinski definition) is 0.